The summed E-state index contributed by atoms with van der Waals surface area (Å²) in [5.74, 6) is -1.59. The van der Waals surface area contributed by atoms with E-state index in [4.69, 9.17) is 23.2 Å². The predicted octanol–water partition coefficient (Wildman–Crippen LogP) is 2.46. The van der Waals surface area contributed by atoms with Crippen LogP contribution in [-0.2, 0) is 14.3 Å². The van der Waals surface area contributed by atoms with Crippen molar-refractivity contribution in [3.05, 3.63) is 92.1 Å². The van der Waals surface area contributed by atoms with Gasteiger partial charge >= 0.3 is 5.97 Å². The Balaban J connectivity index is 0.000000292. The third-order valence-electron chi connectivity index (χ3n) is 4.76. The third kappa shape index (κ3) is 6.54. The summed E-state index contributed by atoms with van der Waals surface area (Å²) in [7, 11) is 0. The van der Waals surface area contributed by atoms with E-state index in [0.29, 0.717) is 32.6 Å². The minimum Gasteiger partial charge on any atom is -0.550 e. The second-order valence-corrected chi connectivity index (χ2v) is 8.01. The van der Waals surface area contributed by atoms with Gasteiger partial charge in [-0.3, -0.25) is 9.59 Å². The fraction of sp³-hybridized carbons (Fsp3) is 0.208. The van der Waals surface area contributed by atoms with Crippen LogP contribution in [0.2, 0.25) is 10.0 Å². The van der Waals surface area contributed by atoms with Crippen molar-refractivity contribution < 1.29 is 24.5 Å². The largest absolute Gasteiger partial charge is 0.550 e. The molecule has 0 fully saturated rings. The van der Waals surface area contributed by atoms with Crippen molar-refractivity contribution in [2.75, 3.05) is 6.61 Å². The number of carbonyl (C=O) groups excluding carboxylic acids is 2. The number of hydrogen-bond donors (Lipinski definition) is 1. The van der Waals surface area contributed by atoms with Crippen molar-refractivity contribution in [3.63, 3.8) is 0 Å². The number of halogens is 2. The molecule has 11 heteroatoms. The number of aliphatic imine (C=N–C) groups is 1. The Morgan fingerprint density at radius 3 is 2.54 bits per heavy atom. The minimum atomic E-state index is -1.31. The first-order valence-electron chi connectivity index (χ1n) is 10.5. The lowest BCUT2D eigenvalue weighted by molar-refractivity contribution is -0.305. The molecule has 0 saturated heterocycles. The smallest absolute Gasteiger partial charge is 0.306 e. The number of esters is 1. The minimum absolute atomic E-state index is 0.101. The number of carbonyl (C=O) groups is 2. The lowest BCUT2D eigenvalue weighted by atomic mass is 10.0. The average Bonchev–Trinajstić information content (AvgIpc) is 2.93. The molecule has 1 unspecified atom stereocenters. The van der Waals surface area contributed by atoms with Crippen molar-refractivity contribution >= 4 is 40.9 Å². The Morgan fingerprint density at radius 2 is 1.86 bits per heavy atom. The second-order valence-electron chi connectivity index (χ2n) is 7.16. The highest BCUT2D eigenvalue weighted by atomic mass is 35.5. The number of nitrogens with zero attached hydrogens (tertiary/aromatic N) is 3. The fourth-order valence-corrected chi connectivity index (χ4v) is 3.66. The molecule has 0 spiro atoms. The summed E-state index contributed by atoms with van der Waals surface area (Å²) in [5.41, 5.74) is 2.07. The molecule has 1 aliphatic heterocycles. The topological polar surface area (TPSA) is 134 Å². The molecule has 1 atom stereocenters. The zero-order valence-electron chi connectivity index (χ0n) is 18.5. The molecular formula is C24H20Cl2N3O6-. The molecule has 4 rings (SSSR count). The third-order valence-corrected chi connectivity index (χ3v) is 5.33. The molecule has 1 aromatic heterocycles. The highest BCUT2D eigenvalue weighted by molar-refractivity contribution is 6.36. The summed E-state index contributed by atoms with van der Waals surface area (Å²) in [5, 5.41) is 21.3. The SMILES string of the molecule is CCOC(=O)CCC(=O)[O-].O=c1ccn2c(n1)C(O)N=C(c1ccccc1Cl)c1cc(Cl)ccc1-2. The van der Waals surface area contributed by atoms with E-state index in [2.05, 4.69) is 14.7 Å². The molecular weight excluding hydrogens is 497 g/mol. The van der Waals surface area contributed by atoms with Crippen LogP contribution in [0.3, 0.4) is 0 Å². The number of ether oxygens (including phenoxy) is 1. The van der Waals surface area contributed by atoms with Crippen LogP contribution in [0.1, 0.15) is 42.9 Å². The first-order chi connectivity index (χ1) is 16.7. The lowest BCUT2D eigenvalue weighted by Crippen LogP contribution is -2.23. The normalized spacial score (nSPS) is 13.8. The number of aliphatic carboxylic acids is 1. The Hall–Kier alpha value is -3.53. The molecule has 0 saturated carbocycles. The molecule has 9 nitrogen and oxygen atoms in total. The van der Waals surface area contributed by atoms with Gasteiger partial charge in [0.05, 0.1) is 24.4 Å². The monoisotopic (exact) mass is 516 g/mol. The molecule has 182 valence electrons. The van der Waals surface area contributed by atoms with Crippen LogP contribution in [0.15, 0.2) is 64.5 Å². The Morgan fingerprint density at radius 1 is 1.11 bits per heavy atom. The molecule has 0 aliphatic carbocycles. The number of fused-ring (bicyclic) bond motifs is 3. The predicted molar refractivity (Wildman–Crippen MR) is 128 cm³/mol. The number of carboxylic acids is 1. The van der Waals surface area contributed by atoms with Crippen LogP contribution in [0.5, 0.6) is 0 Å². The van der Waals surface area contributed by atoms with Gasteiger partial charge in [-0.15, -0.1) is 0 Å². The summed E-state index contributed by atoms with van der Waals surface area (Å²) in [6, 6.07) is 13.8. The van der Waals surface area contributed by atoms with Gasteiger partial charge in [-0.25, -0.2) is 4.99 Å². The summed E-state index contributed by atoms with van der Waals surface area (Å²) in [6.07, 6.45) is -0.118. The van der Waals surface area contributed by atoms with Gasteiger partial charge in [-0.1, -0.05) is 41.4 Å². The van der Waals surface area contributed by atoms with Crippen LogP contribution in [-0.4, -0.2) is 38.9 Å². The maximum Gasteiger partial charge on any atom is 0.306 e. The quantitative estimate of drug-likeness (QED) is 0.514. The fourth-order valence-electron chi connectivity index (χ4n) is 3.27. The van der Waals surface area contributed by atoms with E-state index < -0.39 is 23.7 Å². The van der Waals surface area contributed by atoms with E-state index in [9.17, 15) is 24.6 Å². The van der Waals surface area contributed by atoms with Gasteiger partial charge in [0.2, 0.25) is 6.23 Å². The molecule has 0 bridgehead atoms. The molecule has 2 heterocycles. The number of rotatable bonds is 5. The summed E-state index contributed by atoms with van der Waals surface area (Å²) >= 11 is 12.5. The number of aromatic nitrogens is 2. The van der Waals surface area contributed by atoms with E-state index >= 15 is 0 Å². The van der Waals surface area contributed by atoms with E-state index in [-0.39, 0.29) is 25.3 Å². The Kier molecular flexibility index (Phi) is 8.75. The second kappa shape index (κ2) is 11.7. The van der Waals surface area contributed by atoms with Gasteiger partial charge in [0.15, 0.2) is 5.82 Å². The molecule has 0 amide bonds. The lowest BCUT2D eigenvalue weighted by Gasteiger charge is -2.14. The van der Waals surface area contributed by atoms with Gasteiger partial charge < -0.3 is 24.3 Å². The maximum atomic E-state index is 11.6. The van der Waals surface area contributed by atoms with E-state index in [1.54, 1.807) is 42.0 Å². The number of aliphatic hydroxyl groups excluding tert-OH is 1. The molecule has 0 radical (unpaired) electrons. The van der Waals surface area contributed by atoms with Crippen molar-refractivity contribution in [2.45, 2.75) is 26.0 Å². The maximum absolute atomic E-state index is 11.6. The first-order valence-corrected chi connectivity index (χ1v) is 11.2. The van der Waals surface area contributed by atoms with Gasteiger partial charge in [0, 0.05) is 39.4 Å². The first kappa shape index (κ1) is 26.1. The van der Waals surface area contributed by atoms with E-state index in [1.807, 2.05) is 18.2 Å². The van der Waals surface area contributed by atoms with Gasteiger partial charge in [-0.2, -0.15) is 4.98 Å². The highest BCUT2D eigenvalue weighted by Gasteiger charge is 2.25. The summed E-state index contributed by atoms with van der Waals surface area (Å²) in [6.45, 7) is 1.95. The molecule has 2 aromatic carbocycles. The van der Waals surface area contributed by atoms with Crippen LogP contribution in [0.25, 0.3) is 5.69 Å². The number of benzene rings is 2. The molecule has 35 heavy (non-hydrogen) atoms. The summed E-state index contributed by atoms with van der Waals surface area (Å²) < 4.78 is 6.09. The van der Waals surface area contributed by atoms with E-state index in [0.717, 1.165) is 0 Å². The number of aliphatic hydroxyl groups is 1. The Labute approximate surface area is 210 Å². The van der Waals surface area contributed by atoms with Crippen LogP contribution in [0.4, 0.5) is 0 Å². The average molecular weight is 517 g/mol. The molecule has 1 N–H and O–H groups in total. The zero-order valence-corrected chi connectivity index (χ0v) is 20.0. The van der Waals surface area contributed by atoms with Gasteiger partial charge in [0.25, 0.3) is 5.56 Å². The molecule has 3 aromatic rings. The summed E-state index contributed by atoms with van der Waals surface area (Å²) in [4.78, 5) is 40.2. The molecule has 1 aliphatic rings. The Bertz CT molecular complexity index is 1340. The number of hydrogen-bond acceptors (Lipinski definition) is 8. The van der Waals surface area contributed by atoms with Crippen molar-refractivity contribution in [1.82, 2.24) is 9.55 Å². The standard InChI is InChI=1S/C18H11Cl2N3O2.C6H10O4/c19-10-5-6-14-12(9-10)16(11-3-1-2-4-13(11)20)22-18(25)17-21-15(24)7-8-23(14)17;1-2-10-6(9)4-3-5(7)8/h1-9,18,25H;2-4H2,1H3,(H,7,8)/p-1. The number of carboxylic acid groups (broad SMARTS) is 1. The van der Waals surface area contributed by atoms with Gasteiger partial charge in [-0.05, 0) is 37.6 Å². The van der Waals surface area contributed by atoms with Crippen molar-refractivity contribution in [2.24, 2.45) is 4.99 Å². The van der Waals surface area contributed by atoms with Crippen LogP contribution in [0, 0.1) is 0 Å². The van der Waals surface area contributed by atoms with Crippen LogP contribution < -0.4 is 10.7 Å². The van der Waals surface area contributed by atoms with E-state index in [1.165, 1.54) is 6.07 Å². The highest BCUT2D eigenvalue weighted by Crippen LogP contribution is 2.31. The van der Waals surface area contributed by atoms with Gasteiger partial charge in [0.1, 0.15) is 0 Å². The zero-order chi connectivity index (χ0) is 25.5. The van der Waals surface area contributed by atoms with Crippen molar-refractivity contribution in [3.8, 4) is 5.69 Å². The van der Waals surface area contributed by atoms with Crippen molar-refractivity contribution in [1.29, 1.82) is 0 Å². The van der Waals surface area contributed by atoms with Crippen LogP contribution >= 0.6 is 23.2 Å².